The van der Waals surface area contributed by atoms with Crippen LogP contribution in [0.2, 0.25) is 5.02 Å². The lowest BCUT2D eigenvalue weighted by Crippen LogP contribution is -2.11. The van der Waals surface area contributed by atoms with Gasteiger partial charge in [0.05, 0.1) is 0 Å². The molecule has 1 N–H and O–H groups in total. The van der Waals surface area contributed by atoms with Crippen molar-refractivity contribution in [3.05, 3.63) is 21.6 Å². The molecule has 0 bridgehead atoms. The molecule has 0 amide bonds. The lowest BCUT2D eigenvalue weighted by atomic mass is 10.7. The first kappa shape index (κ1) is 5.44. The Balaban J connectivity index is 3.42. The van der Waals surface area contributed by atoms with Gasteiger partial charge < -0.3 is 5.10 Å². The second-order valence-electron chi connectivity index (χ2n) is 1.49. The van der Waals surface area contributed by atoms with Crippen LogP contribution in [0.1, 0.15) is 0 Å². The second kappa shape index (κ2) is 1.67. The highest BCUT2D eigenvalue weighted by Crippen LogP contribution is 1.94. The molecule has 1 aromatic heterocycles. The summed E-state index contributed by atoms with van der Waals surface area (Å²) in [7, 11) is 1.61. The average Bonchev–Trinajstić information content (AvgIpc) is 1.98. The Morgan fingerprint density at radius 1 is 1.88 bits per heavy atom. The number of aryl methyl sites for hydroxylation is 1. The van der Waals surface area contributed by atoms with Gasteiger partial charge in [-0.25, -0.2) is 0 Å². The van der Waals surface area contributed by atoms with Gasteiger partial charge >= 0.3 is 0 Å². The summed E-state index contributed by atoms with van der Waals surface area (Å²) >= 11 is 5.36. The number of hydrogen-bond donors (Lipinski definition) is 1. The molecule has 4 heteroatoms. The minimum Gasteiger partial charge on any atom is -0.302 e. The highest BCUT2D eigenvalue weighted by atomic mass is 35.5. The number of hydrogen-bond acceptors (Lipinski definition) is 1. The maximum absolute atomic E-state index is 10.6. The molecule has 0 atom stereocenters. The summed E-state index contributed by atoms with van der Waals surface area (Å²) in [4.78, 5) is 10.6. The molecule has 0 spiro atoms. The van der Waals surface area contributed by atoms with E-state index in [1.807, 2.05) is 0 Å². The zero-order valence-corrected chi connectivity index (χ0v) is 5.07. The summed E-state index contributed by atoms with van der Waals surface area (Å²) < 4.78 is 1.31. The van der Waals surface area contributed by atoms with E-state index in [9.17, 15) is 4.79 Å². The first-order chi connectivity index (χ1) is 3.72. The minimum atomic E-state index is -0.188. The molecule has 0 aliphatic heterocycles. The normalized spacial score (nSPS) is 9.75. The van der Waals surface area contributed by atoms with Crippen molar-refractivity contribution in [3.8, 4) is 0 Å². The van der Waals surface area contributed by atoms with E-state index in [2.05, 4.69) is 5.10 Å². The molecule has 8 heavy (non-hydrogen) atoms. The molecule has 0 aromatic carbocycles. The van der Waals surface area contributed by atoms with Gasteiger partial charge in [-0.1, -0.05) is 11.6 Å². The van der Waals surface area contributed by atoms with Crippen LogP contribution >= 0.6 is 11.6 Å². The van der Waals surface area contributed by atoms with E-state index >= 15 is 0 Å². The molecule has 0 radical (unpaired) electrons. The van der Waals surface area contributed by atoms with E-state index in [0.717, 1.165) is 0 Å². The average molecular weight is 133 g/mol. The third-order valence-corrected chi connectivity index (χ3v) is 1.16. The number of nitrogens with one attached hydrogen (secondary N) is 1. The lowest BCUT2D eigenvalue weighted by Gasteiger charge is -1.80. The van der Waals surface area contributed by atoms with Gasteiger partial charge in [0.2, 0.25) is 0 Å². The molecule has 0 aliphatic rings. The Labute approximate surface area is 50.9 Å². The molecule has 3 nitrogen and oxygen atoms in total. The van der Waals surface area contributed by atoms with E-state index < -0.39 is 0 Å². The Bertz CT molecular complexity index is 214. The Hall–Kier alpha value is -0.700. The first-order valence-electron chi connectivity index (χ1n) is 2.11. The van der Waals surface area contributed by atoms with E-state index in [4.69, 9.17) is 11.6 Å². The van der Waals surface area contributed by atoms with E-state index in [-0.39, 0.29) is 10.6 Å². The number of halogens is 1. The van der Waals surface area contributed by atoms with Gasteiger partial charge in [-0.05, 0) is 0 Å². The van der Waals surface area contributed by atoms with Crippen LogP contribution in [-0.4, -0.2) is 9.78 Å². The smallest absolute Gasteiger partial charge is 0.284 e. The van der Waals surface area contributed by atoms with Crippen LogP contribution in [0.5, 0.6) is 0 Å². The molecule has 1 rings (SSSR count). The summed E-state index contributed by atoms with van der Waals surface area (Å²) in [6, 6.07) is 0. The van der Waals surface area contributed by atoms with Crippen LogP contribution in [0.15, 0.2) is 11.0 Å². The van der Waals surface area contributed by atoms with Gasteiger partial charge in [0.15, 0.2) is 0 Å². The number of nitrogens with zero attached hydrogens (tertiary/aromatic N) is 1. The molecule has 0 aliphatic carbocycles. The van der Waals surface area contributed by atoms with Crippen molar-refractivity contribution in [1.29, 1.82) is 0 Å². The van der Waals surface area contributed by atoms with Crippen LogP contribution in [-0.2, 0) is 7.05 Å². The molecule has 1 heterocycles. The number of H-pyrrole nitrogens is 1. The first-order valence-corrected chi connectivity index (χ1v) is 2.49. The van der Waals surface area contributed by atoms with Crippen LogP contribution in [0.4, 0.5) is 0 Å². The maximum atomic E-state index is 10.6. The molecule has 0 fully saturated rings. The zero-order chi connectivity index (χ0) is 6.15. The predicted octanol–water partition coefficient (Wildman–Crippen LogP) is 0.367. The third-order valence-electron chi connectivity index (χ3n) is 0.894. The fourth-order valence-electron chi connectivity index (χ4n) is 0.434. The van der Waals surface area contributed by atoms with Gasteiger partial charge in [-0.2, -0.15) is 0 Å². The second-order valence-corrected chi connectivity index (χ2v) is 1.89. The summed E-state index contributed by atoms with van der Waals surface area (Å²) in [6.07, 6.45) is 1.45. The van der Waals surface area contributed by atoms with Gasteiger partial charge in [0, 0.05) is 13.2 Å². The number of aromatic amines is 1. The molecule has 1 aromatic rings. The number of aromatic nitrogens is 2. The summed E-state index contributed by atoms with van der Waals surface area (Å²) in [5.41, 5.74) is -0.188. The maximum Gasteiger partial charge on any atom is 0.284 e. The van der Waals surface area contributed by atoms with Crippen LogP contribution in [0.25, 0.3) is 0 Å². The van der Waals surface area contributed by atoms with Gasteiger partial charge in [0.1, 0.15) is 5.02 Å². The van der Waals surface area contributed by atoms with E-state index in [1.165, 1.54) is 10.9 Å². The monoisotopic (exact) mass is 132 g/mol. The van der Waals surface area contributed by atoms with E-state index in [0.29, 0.717) is 0 Å². The molecule has 0 saturated carbocycles. The number of rotatable bonds is 0. The molecule has 44 valence electrons. The quantitative estimate of drug-likeness (QED) is 0.544. The lowest BCUT2D eigenvalue weighted by molar-refractivity contribution is 0.740. The van der Waals surface area contributed by atoms with Crippen LogP contribution < -0.4 is 5.56 Å². The van der Waals surface area contributed by atoms with E-state index in [1.54, 1.807) is 7.05 Å². The summed E-state index contributed by atoms with van der Waals surface area (Å²) in [6.45, 7) is 0. The molecular formula is C4H5ClN2O. The predicted molar refractivity (Wildman–Crippen MR) is 31.0 cm³/mol. The molecule has 0 unspecified atom stereocenters. The Morgan fingerprint density at radius 3 is 2.62 bits per heavy atom. The fourth-order valence-corrected chi connectivity index (χ4v) is 0.610. The Kier molecular flexibility index (Phi) is 1.13. The van der Waals surface area contributed by atoms with Crippen molar-refractivity contribution >= 4 is 11.6 Å². The fraction of sp³-hybridized carbons (Fsp3) is 0.250. The van der Waals surface area contributed by atoms with Crippen molar-refractivity contribution in [2.75, 3.05) is 0 Å². The SMILES string of the molecule is Cn1[nH]cc(Cl)c1=O. The highest BCUT2D eigenvalue weighted by Gasteiger charge is 1.95. The summed E-state index contributed by atoms with van der Waals surface area (Å²) in [5, 5.41) is 2.84. The Morgan fingerprint density at radius 2 is 2.50 bits per heavy atom. The minimum absolute atomic E-state index is 0.188. The highest BCUT2D eigenvalue weighted by molar-refractivity contribution is 6.30. The van der Waals surface area contributed by atoms with Crippen molar-refractivity contribution in [2.45, 2.75) is 0 Å². The zero-order valence-electron chi connectivity index (χ0n) is 4.31. The topological polar surface area (TPSA) is 37.8 Å². The molecular weight excluding hydrogens is 128 g/mol. The third kappa shape index (κ3) is 0.648. The van der Waals surface area contributed by atoms with Gasteiger partial charge in [-0.15, -0.1) is 0 Å². The van der Waals surface area contributed by atoms with Gasteiger partial charge in [0.25, 0.3) is 5.56 Å². The molecule has 0 saturated heterocycles. The van der Waals surface area contributed by atoms with Crippen molar-refractivity contribution in [1.82, 2.24) is 9.78 Å². The van der Waals surface area contributed by atoms with Gasteiger partial charge in [-0.3, -0.25) is 9.48 Å². The largest absolute Gasteiger partial charge is 0.302 e. The van der Waals surface area contributed by atoms with Crippen molar-refractivity contribution in [3.63, 3.8) is 0 Å². The van der Waals surface area contributed by atoms with Crippen molar-refractivity contribution in [2.24, 2.45) is 7.05 Å². The standard InChI is InChI=1S/C4H5ClN2O/c1-7-4(8)3(5)2-6-7/h2,6H,1H3. The van der Waals surface area contributed by atoms with Crippen molar-refractivity contribution < 1.29 is 0 Å². The summed E-state index contributed by atoms with van der Waals surface area (Å²) in [5.74, 6) is 0. The van der Waals surface area contributed by atoms with Crippen LogP contribution in [0, 0.1) is 0 Å². The van der Waals surface area contributed by atoms with Crippen LogP contribution in [0.3, 0.4) is 0 Å².